The summed E-state index contributed by atoms with van der Waals surface area (Å²) in [6.07, 6.45) is 4.72. The zero-order chi connectivity index (χ0) is 4.12. The fraction of sp³-hybridized carbons (Fsp3) is 0.250. The van der Waals surface area contributed by atoms with Gasteiger partial charge in [0.15, 0.2) is 0 Å². The zero-order valence-electron chi connectivity index (χ0n) is 2.90. The molecule has 0 aliphatic rings. The Kier molecular flexibility index (Phi) is 3.18. The van der Waals surface area contributed by atoms with Gasteiger partial charge in [-0.05, 0) is 0 Å². The maximum absolute atomic E-state index is 4.72. The lowest BCUT2D eigenvalue weighted by Crippen LogP contribution is -1.74. The van der Waals surface area contributed by atoms with E-state index in [9.17, 15) is 0 Å². The number of ether oxygens (including phenoxy) is 1. The van der Waals surface area contributed by atoms with Crippen LogP contribution >= 0.6 is 0 Å². The van der Waals surface area contributed by atoms with Crippen LogP contribution in [0.1, 0.15) is 0 Å². The summed E-state index contributed by atoms with van der Waals surface area (Å²) in [6.45, 7) is 0.306. The van der Waals surface area contributed by atoms with Gasteiger partial charge in [0.05, 0.1) is 7.11 Å². The summed E-state index contributed by atoms with van der Waals surface area (Å²) in [7, 11) is 3.03. The van der Waals surface area contributed by atoms with Crippen molar-refractivity contribution in [2.45, 2.75) is 0 Å². The minimum absolute atomic E-state index is 0.306. The van der Waals surface area contributed by atoms with Gasteiger partial charge < -0.3 is 4.74 Å². The number of hydrogen-bond donors (Lipinski definition) is 0. The lowest BCUT2D eigenvalue weighted by Gasteiger charge is -1.76. The molecule has 0 unspecified atom stereocenters. The van der Waals surface area contributed by atoms with Crippen LogP contribution in [-0.2, 0) is 4.74 Å². The van der Waals surface area contributed by atoms with Crippen molar-refractivity contribution in [2.75, 3.05) is 6.61 Å². The Balaban J connectivity index is 2.48. The smallest absolute Gasteiger partial charge is 0.107 e. The van der Waals surface area contributed by atoms with E-state index in [0.717, 1.165) is 0 Å². The van der Waals surface area contributed by atoms with Gasteiger partial charge >= 0.3 is 0 Å². The van der Waals surface area contributed by atoms with E-state index in [2.05, 4.69) is 17.8 Å². The molecule has 0 heterocycles. The summed E-state index contributed by atoms with van der Waals surface area (Å²) in [5, 5.41) is 0. The average molecular weight is 69.1 g/mol. The molecule has 1 nitrogen and oxygen atoms in total. The third-order valence-electron chi connectivity index (χ3n) is 0.185. The van der Waals surface area contributed by atoms with Gasteiger partial charge in [0.25, 0.3) is 0 Å². The minimum atomic E-state index is 0.306. The fourth-order valence-corrected chi connectivity index (χ4v) is 0.0589. The minimum Gasteiger partial charge on any atom is -0.366 e. The van der Waals surface area contributed by atoms with Crippen LogP contribution in [-0.4, -0.2) is 6.61 Å². The second-order valence-electron chi connectivity index (χ2n) is 0.553. The normalized spacial score (nSPS) is 6.40. The first-order valence-electron chi connectivity index (χ1n) is 1.22. The number of hydrogen-bond acceptors (Lipinski definition) is 1. The van der Waals surface area contributed by atoms with Gasteiger partial charge in [-0.15, -0.1) is 6.42 Å². The molecule has 0 aromatic heterocycles. The molecule has 0 atom stereocenters. The van der Waals surface area contributed by atoms with E-state index in [0.29, 0.717) is 6.61 Å². The quantitative estimate of drug-likeness (QED) is 0.406. The molecule has 0 aliphatic heterocycles. The standard InChI is InChI=1S/C4H5O/c1-3-4-5-2/h1H,2,4H2. The summed E-state index contributed by atoms with van der Waals surface area (Å²) in [4.78, 5) is 0. The van der Waals surface area contributed by atoms with Crippen molar-refractivity contribution in [3.05, 3.63) is 7.11 Å². The summed E-state index contributed by atoms with van der Waals surface area (Å²) in [5.41, 5.74) is 0. The molecule has 27 valence electrons. The van der Waals surface area contributed by atoms with E-state index in [4.69, 9.17) is 6.42 Å². The van der Waals surface area contributed by atoms with E-state index in [1.54, 1.807) is 0 Å². The van der Waals surface area contributed by atoms with E-state index < -0.39 is 0 Å². The Hall–Kier alpha value is -0.480. The van der Waals surface area contributed by atoms with E-state index in [-0.39, 0.29) is 0 Å². The molecule has 0 aromatic rings. The highest BCUT2D eigenvalue weighted by atomic mass is 16.5. The first-order chi connectivity index (χ1) is 2.41. The predicted molar refractivity (Wildman–Crippen MR) is 20.1 cm³/mol. The van der Waals surface area contributed by atoms with E-state index in [1.165, 1.54) is 0 Å². The van der Waals surface area contributed by atoms with E-state index >= 15 is 0 Å². The van der Waals surface area contributed by atoms with Crippen molar-refractivity contribution in [3.63, 3.8) is 0 Å². The first kappa shape index (κ1) is 4.52. The van der Waals surface area contributed by atoms with Crippen LogP contribution in [0.2, 0.25) is 0 Å². The third-order valence-corrected chi connectivity index (χ3v) is 0.185. The molecule has 1 heteroatoms. The van der Waals surface area contributed by atoms with Gasteiger partial charge in [-0.25, -0.2) is 0 Å². The van der Waals surface area contributed by atoms with Gasteiger partial charge in [0, 0.05) is 0 Å². The topological polar surface area (TPSA) is 9.23 Å². The van der Waals surface area contributed by atoms with Crippen LogP contribution in [0, 0.1) is 19.5 Å². The highest BCUT2D eigenvalue weighted by molar-refractivity contribution is 4.82. The molecule has 0 amide bonds. The van der Waals surface area contributed by atoms with Crippen LogP contribution in [0.15, 0.2) is 0 Å². The molecular formula is C4H5O. The molecule has 0 fully saturated rings. The maximum atomic E-state index is 4.72. The van der Waals surface area contributed by atoms with Crippen LogP contribution in [0.25, 0.3) is 0 Å². The number of rotatable bonds is 1. The van der Waals surface area contributed by atoms with Crippen molar-refractivity contribution in [2.24, 2.45) is 0 Å². The van der Waals surface area contributed by atoms with Crippen LogP contribution in [0.5, 0.6) is 0 Å². The molecule has 0 spiro atoms. The molecule has 0 aromatic carbocycles. The second kappa shape index (κ2) is 3.52. The molecule has 0 N–H and O–H groups in total. The molecular weight excluding hydrogens is 64.0 g/mol. The summed E-state index contributed by atoms with van der Waals surface area (Å²) in [5.74, 6) is 2.23. The van der Waals surface area contributed by atoms with Gasteiger partial charge in [-0.2, -0.15) is 0 Å². The molecule has 0 saturated heterocycles. The fourth-order valence-electron chi connectivity index (χ4n) is 0.0589. The van der Waals surface area contributed by atoms with Gasteiger partial charge in [-0.1, -0.05) is 5.92 Å². The van der Waals surface area contributed by atoms with Crippen molar-refractivity contribution in [3.8, 4) is 12.3 Å². The third kappa shape index (κ3) is 3.52. The Morgan fingerprint density at radius 2 is 2.60 bits per heavy atom. The van der Waals surface area contributed by atoms with Crippen LogP contribution in [0.3, 0.4) is 0 Å². The predicted octanol–water partition coefficient (Wildman–Crippen LogP) is 0.428. The monoisotopic (exact) mass is 69.0 g/mol. The van der Waals surface area contributed by atoms with Crippen molar-refractivity contribution < 1.29 is 4.74 Å². The lowest BCUT2D eigenvalue weighted by atomic mass is 10.8. The Morgan fingerprint density at radius 1 is 2.00 bits per heavy atom. The Bertz CT molecular complexity index is 42.1. The SMILES string of the molecule is C#CCO[CH2]. The largest absolute Gasteiger partial charge is 0.366 e. The van der Waals surface area contributed by atoms with Crippen LogP contribution in [0.4, 0.5) is 0 Å². The molecule has 0 aliphatic carbocycles. The Labute approximate surface area is 31.9 Å². The van der Waals surface area contributed by atoms with Crippen LogP contribution < -0.4 is 0 Å². The molecule has 1 radical (unpaired) electrons. The van der Waals surface area contributed by atoms with Gasteiger partial charge in [-0.3, -0.25) is 0 Å². The molecule has 0 saturated carbocycles. The van der Waals surface area contributed by atoms with Gasteiger partial charge in [0.1, 0.15) is 6.61 Å². The van der Waals surface area contributed by atoms with Gasteiger partial charge in [0.2, 0.25) is 0 Å². The zero-order valence-corrected chi connectivity index (χ0v) is 2.90. The summed E-state index contributed by atoms with van der Waals surface area (Å²) >= 11 is 0. The lowest BCUT2D eigenvalue weighted by molar-refractivity contribution is 0.288. The average Bonchev–Trinajstić information content (AvgIpc) is 1.41. The highest BCUT2D eigenvalue weighted by Crippen LogP contribution is 1.57. The second-order valence-corrected chi connectivity index (χ2v) is 0.553. The van der Waals surface area contributed by atoms with E-state index in [1.807, 2.05) is 0 Å². The molecule has 5 heavy (non-hydrogen) atoms. The Morgan fingerprint density at radius 3 is 2.60 bits per heavy atom. The highest BCUT2D eigenvalue weighted by Gasteiger charge is 1.58. The number of terminal acetylenes is 1. The molecule has 0 rings (SSSR count). The maximum Gasteiger partial charge on any atom is 0.107 e. The van der Waals surface area contributed by atoms with Crippen molar-refractivity contribution in [1.29, 1.82) is 0 Å². The molecule has 0 bridgehead atoms. The first-order valence-corrected chi connectivity index (χ1v) is 1.22. The van der Waals surface area contributed by atoms with Crippen molar-refractivity contribution >= 4 is 0 Å². The van der Waals surface area contributed by atoms with Crippen molar-refractivity contribution in [1.82, 2.24) is 0 Å². The summed E-state index contributed by atoms with van der Waals surface area (Å²) in [6, 6.07) is 0. The summed E-state index contributed by atoms with van der Waals surface area (Å²) < 4.78 is 4.20.